The third-order valence-electron chi connectivity index (χ3n) is 5.98. The second-order valence-electron chi connectivity index (χ2n) is 8.66. The smallest absolute Gasteiger partial charge is 0.303 e. The molecule has 182 valence electrons. The molecule has 35 heavy (non-hydrogen) atoms. The Bertz CT molecular complexity index is 1130. The number of terminal acetylenes is 1. The molecule has 3 aromatic carbocycles. The Morgan fingerprint density at radius 1 is 0.971 bits per heavy atom. The molecule has 0 bridgehead atoms. The van der Waals surface area contributed by atoms with Crippen molar-refractivity contribution in [3.05, 3.63) is 94.5 Å². The number of rotatable bonds is 9. The van der Waals surface area contributed by atoms with Crippen LogP contribution in [0.1, 0.15) is 41.2 Å². The van der Waals surface area contributed by atoms with Crippen molar-refractivity contribution in [2.75, 3.05) is 13.1 Å². The van der Waals surface area contributed by atoms with Gasteiger partial charge in [-0.05, 0) is 78.3 Å². The molecule has 0 saturated heterocycles. The van der Waals surface area contributed by atoms with Crippen molar-refractivity contribution in [2.24, 2.45) is 0 Å². The van der Waals surface area contributed by atoms with E-state index < -0.39 is 5.97 Å². The number of phenols is 1. The number of aliphatic carboxylic acids is 1. The zero-order chi connectivity index (χ0) is 25.0. The lowest BCUT2D eigenvalue weighted by Crippen LogP contribution is -2.32. The normalized spacial score (nSPS) is 12.6. The van der Waals surface area contributed by atoms with Crippen molar-refractivity contribution in [1.29, 1.82) is 0 Å². The maximum absolute atomic E-state index is 10.7. The summed E-state index contributed by atoms with van der Waals surface area (Å²) in [5.41, 5.74) is 6.01. The summed E-state index contributed by atoms with van der Waals surface area (Å²) in [5, 5.41) is 18.4. The summed E-state index contributed by atoms with van der Waals surface area (Å²) < 4.78 is 5.87. The van der Waals surface area contributed by atoms with Crippen molar-refractivity contribution < 1.29 is 19.7 Å². The molecule has 0 aromatic heterocycles. The monoisotopic (exact) mass is 471 g/mol. The molecule has 0 radical (unpaired) electrons. The van der Waals surface area contributed by atoms with Gasteiger partial charge in [-0.3, -0.25) is 9.69 Å². The molecule has 0 unspecified atom stereocenters. The Morgan fingerprint density at radius 2 is 1.60 bits per heavy atom. The Labute approximate surface area is 208 Å². The number of hydrogen-bond donors (Lipinski definition) is 2. The van der Waals surface area contributed by atoms with E-state index in [1.807, 2.05) is 36.4 Å². The van der Waals surface area contributed by atoms with Gasteiger partial charge in [-0.2, -0.15) is 0 Å². The highest BCUT2D eigenvalue weighted by atomic mass is 16.5. The highest BCUT2D eigenvalue weighted by Gasteiger charge is 2.16. The van der Waals surface area contributed by atoms with Crippen LogP contribution in [0.25, 0.3) is 0 Å². The number of benzene rings is 3. The lowest BCUT2D eigenvalue weighted by molar-refractivity contribution is -0.136. The van der Waals surface area contributed by atoms with Crippen LogP contribution >= 0.6 is 0 Å². The van der Waals surface area contributed by atoms with Crippen molar-refractivity contribution in [1.82, 2.24) is 4.90 Å². The average Bonchev–Trinajstić information content (AvgIpc) is 2.86. The fourth-order valence-electron chi connectivity index (χ4n) is 4.05. The minimum absolute atomic E-state index is 0.141. The number of hydrogen-bond acceptors (Lipinski definition) is 4. The van der Waals surface area contributed by atoms with Gasteiger partial charge in [0.25, 0.3) is 0 Å². The number of ether oxygens (including phenoxy) is 1. The van der Waals surface area contributed by atoms with Crippen LogP contribution in [-0.2, 0) is 37.2 Å². The van der Waals surface area contributed by atoms with Crippen LogP contribution in [-0.4, -0.2) is 34.2 Å². The van der Waals surface area contributed by atoms with Crippen LogP contribution in [0.5, 0.6) is 11.5 Å². The molecule has 0 spiro atoms. The number of carboxylic acids is 1. The van der Waals surface area contributed by atoms with Gasteiger partial charge in [-0.15, -0.1) is 12.3 Å². The van der Waals surface area contributed by atoms with E-state index in [9.17, 15) is 9.90 Å². The van der Waals surface area contributed by atoms with Crippen LogP contribution in [0.2, 0.25) is 0 Å². The van der Waals surface area contributed by atoms with Crippen molar-refractivity contribution in [3.63, 3.8) is 0 Å². The van der Waals surface area contributed by atoms with E-state index in [0.717, 1.165) is 49.4 Å². The Kier molecular flexibility index (Phi) is 9.77. The molecular formula is C30H33NO4. The predicted molar refractivity (Wildman–Crippen MR) is 138 cm³/mol. The molecule has 0 fully saturated rings. The number of nitrogens with zero attached hydrogens (tertiary/aromatic N) is 1. The van der Waals surface area contributed by atoms with E-state index in [1.54, 1.807) is 13.0 Å². The van der Waals surface area contributed by atoms with Gasteiger partial charge in [0.1, 0.15) is 18.1 Å². The standard InChI is InChI=1S/C27H29NO4.C3H4/c29-25-9-8-24-18-28(16-14-23(24)17-25)15-13-21-1-3-22(4-2-21)19-32-26-10-5-20(6-11-26)7-12-27(30)31;1-3-2/h1-6,8-11,17,29H,7,12-16,18-19H2,(H,30,31);1H,2H3. The van der Waals surface area contributed by atoms with Crippen LogP contribution in [0.4, 0.5) is 0 Å². The first-order valence-corrected chi connectivity index (χ1v) is 11.9. The number of carbonyl (C=O) groups is 1. The summed E-state index contributed by atoms with van der Waals surface area (Å²) in [6, 6.07) is 21.9. The molecule has 4 rings (SSSR count). The molecule has 3 aromatic rings. The molecule has 0 saturated carbocycles. The third-order valence-corrected chi connectivity index (χ3v) is 5.98. The number of aryl methyl sites for hydroxylation is 1. The van der Waals surface area contributed by atoms with E-state index in [0.29, 0.717) is 18.8 Å². The predicted octanol–water partition coefficient (Wildman–Crippen LogP) is 5.23. The van der Waals surface area contributed by atoms with Gasteiger partial charge >= 0.3 is 5.97 Å². The first-order valence-electron chi connectivity index (χ1n) is 11.9. The van der Waals surface area contributed by atoms with Crippen LogP contribution in [0.15, 0.2) is 66.7 Å². The molecule has 1 aliphatic heterocycles. The summed E-state index contributed by atoms with van der Waals surface area (Å²) >= 11 is 0. The molecule has 1 heterocycles. The largest absolute Gasteiger partial charge is 0.508 e. The second kappa shape index (κ2) is 13.2. The Morgan fingerprint density at radius 3 is 2.29 bits per heavy atom. The highest BCUT2D eigenvalue weighted by Crippen LogP contribution is 2.23. The minimum atomic E-state index is -0.781. The fourth-order valence-corrected chi connectivity index (χ4v) is 4.05. The Hall–Kier alpha value is -3.75. The summed E-state index contributed by atoms with van der Waals surface area (Å²) in [6.07, 6.45) is 7.26. The lowest BCUT2D eigenvalue weighted by Gasteiger charge is -2.28. The maximum Gasteiger partial charge on any atom is 0.303 e. The van der Waals surface area contributed by atoms with E-state index >= 15 is 0 Å². The van der Waals surface area contributed by atoms with E-state index in [4.69, 9.17) is 9.84 Å². The number of fused-ring (bicyclic) bond motifs is 1. The van der Waals surface area contributed by atoms with Gasteiger partial charge in [0.05, 0.1) is 0 Å². The van der Waals surface area contributed by atoms with Crippen LogP contribution in [0.3, 0.4) is 0 Å². The first kappa shape index (κ1) is 25.9. The van der Waals surface area contributed by atoms with Gasteiger partial charge in [0.2, 0.25) is 0 Å². The molecule has 2 N–H and O–H groups in total. The third kappa shape index (κ3) is 8.51. The summed E-state index contributed by atoms with van der Waals surface area (Å²) in [4.78, 5) is 13.1. The molecule has 5 heteroatoms. The lowest BCUT2D eigenvalue weighted by atomic mass is 9.99. The fraction of sp³-hybridized carbons (Fsp3) is 0.300. The number of phenolic OH excluding ortho intramolecular Hbond substituents is 1. The van der Waals surface area contributed by atoms with Crippen molar-refractivity contribution >= 4 is 5.97 Å². The molecule has 1 aliphatic rings. The highest BCUT2D eigenvalue weighted by molar-refractivity contribution is 5.67. The zero-order valence-electron chi connectivity index (χ0n) is 20.2. The van der Waals surface area contributed by atoms with E-state index in [2.05, 4.69) is 41.5 Å². The molecule has 0 aliphatic carbocycles. The summed E-state index contributed by atoms with van der Waals surface area (Å²) in [6.45, 7) is 5.14. The average molecular weight is 472 g/mol. The quantitative estimate of drug-likeness (QED) is 0.418. The van der Waals surface area contributed by atoms with Gasteiger partial charge in [0.15, 0.2) is 0 Å². The van der Waals surface area contributed by atoms with Crippen molar-refractivity contribution in [3.8, 4) is 23.8 Å². The van der Waals surface area contributed by atoms with Gasteiger partial charge < -0.3 is 14.9 Å². The van der Waals surface area contributed by atoms with E-state index in [-0.39, 0.29) is 6.42 Å². The minimum Gasteiger partial charge on any atom is -0.508 e. The maximum atomic E-state index is 10.7. The summed E-state index contributed by atoms with van der Waals surface area (Å²) in [7, 11) is 0. The molecule has 5 nitrogen and oxygen atoms in total. The SMILES string of the molecule is C#CC.O=C(O)CCc1ccc(OCc2ccc(CCN3CCc4cc(O)ccc4C3)cc2)cc1. The topological polar surface area (TPSA) is 70.0 Å². The van der Waals surface area contributed by atoms with Crippen LogP contribution < -0.4 is 4.74 Å². The molecular weight excluding hydrogens is 438 g/mol. The van der Waals surface area contributed by atoms with Gasteiger partial charge in [-0.1, -0.05) is 42.5 Å². The van der Waals surface area contributed by atoms with Crippen LogP contribution in [0, 0.1) is 12.3 Å². The summed E-state index contributed by atoms with van der Waals surface area (Å²) in [5.74, 6) is 2.61. The van der Waals surface area contributed by atoms with Gasteiger partial charge in [0, 0.05) is 26.1 Å². The molecule has 0 atom stereocenters. The zero-order valence-corrected chi connectivity index (χ0v) is 20.2. The van der Waals surface area contributed by atoms with Gasteiger partial charge in [-0.25, -0.2) is 0 Å². The van der Waals surface area contributed by atoms with Crippen molar-refractivity contribution in [2.45, 2.75) is 45.8 Å². The Balaban J connectivity index is 0.00000108. The molecule has 0 amide bonds. The second-order valence-corrected chi connectivity index (χ2v) is 8.66. The first-order chi connectivity index (χ1) is 17.0. The van der Waals surface area contributed by atoms with E-state index in [1.165, 1.54) is 16.7 Å². The number of aromatic hydroxyl groups is 1. The number of carboxylic acid groups (broad SMARTS) is 1.